The van der Waals surface area contributed by atoms with E-state index in [0.29, 0.717) is 18.7 Å². The number of benzene rings is 1. The molecule has 1 aliphatic rings. The lowest BCUT2D eigenvalue weighted by atomic mass is 10.1. The van der Waals surface area contributed by atoms with Crippen LogP contribution >= 0.6 is 24.0 Å². The number of nitrogens with two attached hydrogens (primary N) is 1. The Morgan fingerprint density at radius 3 is 2.67 bits per heavy atom. The molecule has 0 spiro atoms. The predicted molar refractivity (Wildman–Crippen MR) is 83.9 cm³/mol. The van der Waals surface area contributed by atoms with Crippen molar-refractivity contribution < 1.29 is 8.42 Å². The maximum atomic E-state index is 12.6. The fourth-order valence-electron chi connectivity index (χ4n) is 2.52. The number of hydrogen-bond acceptors (Lipinski definition) is 4. The van der Waals surface area contributed by atoms with Crippen molar-refractivity contribution in [2.75, 3.05) is 13.1 Å². The molecule has 2 rings (SSSR count). The van der Waals surface area contributed by atoms with Crippen molar-refractivity contribution in [3.8, 4) is 6.07 Å². The standard InChI is InChI=1S/C13H16ClN3O2S.ClH/c1-9-4-11(7-16)8-17(9)20(18,19)13-3-2-10(6-15)5-12(13)14;/h2-3,5,9,11H,4,7-8,16H2,1H3;1H. The first-order valence-corrected chi connectivity index (χ1v) is 8.13. The van der Waals surface area contributed by atoms with Crippen LogP contribution in [0.2, 0.25) is 5.02 Å². The lowest BCUT2D eigenvalue weighted by molar-refractivity contribution is 0.404. The molecule has 5 nitrogen and oxygen atoms in total. The average Bonchev–Trinajstić information content (AvgIpc) is 2.80. The summed E-state index contributed by atoms with van der Waals surface area (Å²) in [7, 11) is -3.65. The first-order chi connectivity index (χ1) is 9.40. The summed E-state index contributed by atoms with van der Waals surface area (Å²) in [5.41, 5.74) is 5.96. The zero-order valence-corrected chi connectivity index (χ0v) is 13.9. The van der Waals surface area contributed by atoms with Crippen LogP contribution in [-0.2, 0) is 10.0 Å². The molecule has 0 radical (unpaired) electrons. The van der Waals surface area contributed by atoms with Gasteiger partial charge in [-0.05, 0) is 44.0 Å². The molecule has 1 aromatic rings. The smallest absolute Gasteiger partial charge is 0.244 e. The molecule has 2 atom stereocenters. The lowest BCUT2D eigenvalue weighted by Crippen LogP contribution is -2.34. The quantitative estimate of drug-likeness (QED) is 0.903. The second-order valence-corrected chi connectivity index (χ2v) is 7.28. The van der Waals surface area contributed by atoms with Crippen molar-refractivity contribution in [2.24, 2.45) is 11.7 Å². The highest BCUT2D eigenvalue weighted by Gasteiger charge is 2.38. The van der Waals surface area contributed by atoms with Crippen molar-refractivity contribution in [1.29, 1.82) is 5.26 Å². The van der Waals surface area contributed by atoms with Crippen LogP contribution in [0.25, 0.3) is 0 Å². The van der Waals surface area contributed by atoms with Gasteiger partial charge in [-0.25, -0.2) is 8.42 Å². The van der Waals surface area contributed by atoms with Gasteiger partial charge in [0.05, 0.1) is 16.7 Å². The van der Waals surface area contributed by atoms with Crippen molar-refractivity contribution in [3.63, 3.8) is 0 Å². The summed E-state index contributed by atoms with van der Waals surface area (Å²) in [5.74, 6) is 0.178. The van der Waals surface area contributed by atoms with Crippen molar-refractivity contribution in [3.05, 3.63) is 28.8 Å². The van der Waals surface area contributed by atoms with Crippen molar-refractivity contribution in [1.82, 2.24) is 4.31 Å². The summed E-state index contributed by atoms with van der Waals surface area (Å²) in [5, 5.41) is 8.87. The van der Waals surface area contributed by atoms with Crippen LogP contribution in [0.3, 0.4) is 0 Å². The van der Waals surface area contributed by atoms with Gasteiger partial charge in [-0.2, -0.15) is 9.57 Å². The Morgan fingerprint density at radius 2 is 2.19 bits per heavy atom. The SMILES string of the molecule is CC1CC(CN)CN1S(=O)(=O)c1ccc(C#N)cc1Cl.Cl. The van der Waals surface area contributed by atoms with Crippen LogP contribution in [0.4, 0.5) is 0 Å². The molecular formula is C13H17Cl2N3O2S. The molecule has 0 saturated carbocycles. The third-order valence-electron chi connectivity index (χ3n) is 3.59. The van der Waals surface area contributed by atoms with Crippen molar-refractivity contribution in [2.45, 2.75) is 24.3 Å². The van der Waals surface area contributed by atoms with E-state index in [0.717, 1.165) is 6.42 Å². The van der Waals surface area contributed by atoms with E-state index in [9.17, 15) is 8.42 Å². The average molecular weight is 350 g/mol. The molecule has 0 aromatic heterocycles. The van der Waals surface area contributed by atoms with Gasteiger partial charge in [-0.3, -0.25) is 0 Å². The Labute approximate surface area is 136 Å². The first-order valence-electron chi connectivity index (χ1n) is 6.31. The third kappa shape index (κ3) is 3.50. The largest absolute Gasteiger partial charge is 0.330 e. The molecule has 2 N–H and O–H groups in total. The number of hydrogen-bond donors (Lipinski definition) is 1. The van der Waals surface area contributed by atoms with E-state index < -0.39 is 10.0 Å². The number of halogens is 2. The molecule has 1 heterocycles. The fraction of sp³-hybridized carbons (Fsp3) is 0.462. The molecular weight excluding hydrogens is 333 g/mol. The van der Waals surface area contributed by atoms with E-state index >= 15 is 0 Å². The highest BCUT2D eigenvalue weighted by molar-refractivity contribution is 7.89. The Hall–Kier alpha value is -0.840. The highest BCUT2D eigenvalue weighted by Crippen LogP contribution is 2.32. The van der Waals surface area contributed by atoms with Gasteiger partial charge in [0.25, 0.3) is 0 Å². The van der Waals surface area contributed by atoms with Crippen LogP contribution in [0.1, 0.15) is 18.9 Å². The van der Waals surface area contributed by atoms with E-state index in [1.165, 1.54) is 22.5 Å². The molecule has 21 heavy (non-hydrogen) atoms. The van der Waals surface area contributed by atoms with E-state index in [1.54, 1.807) is 0 Å². The molecule has 1 aromatic carbocycles. The van der Waals surface area contributed by atoms with Crippen LogP contribution < -0.4 is 5.73 Å². The van der Waals surface area contributed by atoms with Gasteiger partial charge in [0.15, 0.2) is 0 Å². The van der Waals surface area contributed by atoms with Crippen LogP contribution in [0.15, 0.2) is 23.1 Å². The van der Waals surface area contributed by atoms with Gasteiger partial charge in [0, 0.05) is 12.6 Å². The maximum Gasteiger partial charge on any atom is 0.244 e. The minimum atomic E-state index is -3.65. The molecule has 2 unspecified atom stereocenters. The topological polar surface area (TPSA) is 87.2 Å². The predicted octanol–water partition coefficient (Wildman–Crippen LogP) is 1.99. The van der Waals surface area contributed by atoms with E-state index in [4.69, 9.17) is 22.6 Å². The lowest BCUT2D eigenvalue weighted by Gasteiger charge is -2.21. The van der Waals surface area contributed by atoms with Crippen LogP contribution in [0.5, 0.6) is 0 Å². The monoisotopic (exact) mass is 349 g/mol. The molecule has 116 valence electrons. The highest BCUT2D eigenvalue weighted by atomic mass is 35.5. The Bertz CT molecular complexity index is 658. The molecule has 1 fully saturated rings. The van der Waals surface area contributed by atoms with Gasteiger partial charge in [-0.1, -0.05) is 11.6 Å². The summed E-state index contributed by atoms with van der Waals surface area (Å²) >= 11 is 6.01. The Morgan fingerprint density at radius 1 is 1.52 bits per heavy atom. The second-order valence-electron chi connectivity index (χ2n) is 5.02. The van der Waals surface area contributed by atoms with Crippen molar-refractivity contribution >= 4 is 34.0 Å². The van der Waals surface area contributed by atoms with E-state index in [1.807, 2.05) is 13.0 Å². The second kappa shape index (κ2) is 6.95. The van der Waals surface area contributed by atoms with Gasteiger partial charge in [0.1, 0.15) is 4.90 Å². The zero-order chi connectivity index (χ0) is 14.9. The normalized spacial score (nSPS) is 22.6. The summed E-state index contributed by atoms with van der Waals surface area (Å²) in [6.45, 7) is 2.75. The minimum Gasteiger partial charge on any atom is -0.330 e. The molecule has 0 aliphatic carbocycles. The van der Waals surface area contributed by atoms with E-state index in [-0.39, 0.29) is 34.3 Å². The number of nitriles is 1. The molecule has 1 aliphatic heterocycles. The fourth-order valence-corrected chi connectivity index (χ4v) is 4.76. The third-order valence-corrected chi connectivity index (χ3v) is 6.05. The van der Waals surface area contributed by atoms with Gasteiger partial charge >= 0.3 is 0 Å². The summed E-state index contributed by atoms with van der Waals surface area (Å²) in [6.07, 6.45) is 0.754. The van der Waals surface area contributed by atoms with Crippen LogP contribution in [0, 0.1) is 17.2 Å². The summed E-state index contributed by atoms with van der Waals surface area (Å²) < 4.78 is 26.7. The zero-order valence-electron chi connectivity index (χ0n) is 11.5. The van der Waals surface area contributed by atoms with Gasteiger partial charge in [-0.15, -0.1) is 12.4 Å². The summed E-state index contributed by atoms with van der Waals surface area (Å²) in [4.78, 5) is 0.0442. The van der Waals surface area contributed by atoms with Gasteiger partial charge in [0.2, 0.25) is 10.0 Å². The first kappa shape index (κ1) is 18.2. The van der Waals surface area contributed by atoms with E-state index in [2.05, 4.69) is 0 Å². The molecule has 8 heteroatoms. The van der Waals surface area contributed by atoms with Gasteiger partial charge < -0.3 is 5.73 Å². The Kier molecular flexibility index (Phi) is 6.02. The molecule has 1 saturated heterocycles. The molecule has 0 amide bonds. The number of nitrogens with zero attached hydrogens (tertiary/aromatic N) is 2. The maximum absolute atomic E-state index is 12.6. The minimum absolute atomic E-state index is 0. The number of sulfonamides is 1. The summed E-state index contributed by atoms with van der Waals surface area (Å²) in [6, 6.07) is 6.05. The Balaban J connectivity index is 0.00000220. The number of rotatable bonds is 3. The van der Waals surface area contributed by atoms with Crippen LogP contribution in [-0.4, -0.2) is 31.9 Å². The molecule has 0 bridgehead atoms.